The number of carbonyl (C=O) groups is 1. The zero-order chi connectivity index (χ0) is 16.0. The normalized spacial score (nSPS) is 56.4. The number of Topliss-reactive ketones (excluding diaryl/α,β-unsaturated/α-hetero) is 1. The van der Waals surface area contributed by atoms with Gasteiger partial charge in [0.15, 0.2) is 0 Å². The number of ketones is 1. The van der Waals surface area contributed by atoms with Gasteiger partial charge in [0.1, 0.15) is 5.78 Å². The van der Waals surface area contributed by atoms with E-state index in [0.29, 0.717) is 17.6 Å². The van der Waals surface area contributed by atoms with E-state index >= 15 is 0 Å². The second kappa shape index (κ2) is 4.18. The summed E-state index contributed by atoms with van der Waals surface area (Å²) in [6.07, 6.45) is 9.03. The number of hydrogen-bond donors (Lipinski definition) is 1. The lowest BCUT2D eigenvalue weighted by atomic mass is 9.61. The Hall–Kier alpha value is -0.370. The molecule has 0 aliphatic heterocycles. The minimum absolute atomic E-state index is 0.146. The summed E-state index contributed by atoms with van der Waals surface area (Å²) in [4.78, 5) is 13.3. The Morgan fingerprint density at radius 1 is 1.05 bits per heavy atom. The zero-order valence-electron chi connectivity index (χ0n) is 14.7. The highest BCUT2D eigenvalue weighted by Crippen LogP contribution is 2.73. The molecule has 0 saturated heterocycles. The maximum Gasteiger partial charge on any atom is 0.142 e. The third-order valence-electron chi connectivity index (χ3n) is 8.49. The van der Waals surface area contributed by atoms with E-state index in [1.807, 2.05) is 0 Å². The molecule has 0 aromatic rings. The van der Waals surface area contributed by atoms with Crippen LogP contribution in [-0.4, -0.2) is 16.5 Å². The molecule has 4 fully saturated rings. The predicted molar refractivity (Wildman–Crippen MR) is 87.4 cm³/mol. The highest BCUT2D eigenvalue weighted by molar-refractivity contribution is 5.87. The average Bonchev–Trinajstić information content (AvgIpc) is 2.73. The molecule has 4 rings (SSSR count). The van der Waals surface area contributed by atoms with E-state index in [1.165, 1.54) is 32.1 Å². The smallest absolute Gasteiger partial charge is 0.142 e. The molecule has 4 saturated carbocycles. The van der Waals surface area contributed by atoms with E-state index in [2.05, 4.69) is 27.7 Å². The van der Waals surface area contributed by atoms with Crippen LogP contribution < -0.4 is 0 Å². The van der Waals surface area contributed by atoms with E-state index in [1.54, 1.807) is 0 Å². The van der Waals surface area contributed by atoms with Gasteiger partial charge in [-0.1, -0.05) is 27.2 Å². The van der Waals surface area contributed by atoms with E-state index in [9.17, 15) is 9.90 Å². The highest BCUT2D eigenvalue weighted by Gasteiger charge is 2.69. The second-order valence-corrected chi connectivity index (χ2v) is 10.3. The van der Waals surface area contributed by atoms with Crippen LogP contribution in [0.1, 0.15) is 79.1 Å². The minimum atomic E-state index is -0.493. The number of carbonyl (C=O) groups excluding carboxylic acids is 1. The maximum absolute atomic E-state index is 13.3. The van der Waals surface area contributed by atoms with E-state index in [4.69, 9.17) is 0 Å². The molecule has 2 nitrogen and oxygen atoms in total. The van der Waals surface area contributed by atoms with Crippen LogP contribution >= 0.6 is 0 Å². The summed E-state index contributed by atoms with van der Waals surface area (Å²) in [7, 11) is 0. The molecule has 22 heavy (non-hydrogen) atoms. The van der Waals surface area contributed by atoms with E-state index in [0.717, 1.165) is 19.3 Å². The van der Waals surface area contributed by atoms with Crippen LogP contribution in [0, 0.1) is 34.0 Å². The predicted octanol–water partition coefficient (Wildman–Crippen LogP) is 4.35. The number of fused-ring (bicyclic) bond motifs is 3. The Labute approximate surface area is 135 Å². The highest BCUT2D eigenvalue weighted by atomic mass is 16.3. The van der Waals surface area contributed by atoms with Crippen molar-refractivity contribution in [2.45, 2.75) is 84.7 Å². The van der Waals surface area contributed by atoms with Crippen molar-refractivity contribution in [3.63, 3.8) is 0 Å². The Bertz CT molecular complexity index is 520. The van der Waals surface area contributed by atoms with Crippen LogP contribution in [0.5, 0.6) is 0 Å². The first-order chi connectivity index (χ1) is 10.1. The summed E-state index contributed by atoms with van der Waals surface area (Å²) in [5.74, 6) is 1.90. The van der Waals surface area contributed by atoms with Crippen molar-refractivity contribution >= 4 is 5.78 Å². The molecule has 4 aliphatic rings. The van der Waals surface area contributed by atoms with Crippen LogP contribution in [0.4, 0.5) is 0 Å². The average molecular weight is 304 g/mol. The molecule has 0 amide bonds. The lowest BCUT2D eigenvalue weighted by molar-refractivity contribution is -0.133. The van der Waals surface area contributed by atoms with Gasteiger partial charge in [-0.2, -0.15) is 0 Å². The summed E-state index contributed by atoms with van der Waals surface area (Å²) < 4.78 is 0. The van der Waals surface area contributed by atoms with Crippen LogP contribution in [0.3, 0.4) is 0 Å². The molecule has 0 aromatic heterocycles. The number of aliphatic hydroxyl groups is 1. The van der Waals surface area contributed by atoms with Gasteiger partial charge in [0.05, 0.1) is 5.60 Å². The molecule has 0 heterocycles. The van der Waals surface area contributed by atoms with Crippen molar-refractivity contribution in [3.05, 3.63) is 0 Å². The van der Waals surface area contributed by atoms with Crippen molar-refractivity contribution in [1.29, 1.82) is 0 Å². The lowest BCUT2D eigenvalue weighted by Gasteiger charge is -2.43. The molecule has 0 unspecified atom stereocenters. The molecule has 2 heteroatoms. The number of hydrogen-bond acceptors (Lipinski definition) is 2. The molecular formula is C20H32O2. The van der Waals surface area contributed by atoms with Gasteiger partial charge in [-0.3, -0.25) is 4.79 Å². The molecular weight excluding hydrogens is 272 g/mol. The fourth-order valence-electron chi connectivity index (χ4n) is 7.45. The third kappa shape index (κ3) is 1.74. The summed E-state index contributed by atoms with van der Waals surface area (Å²) in [5, 5.41) is 10.9. The van der Waals surface area contributed by atoms with Crippen LogP contribution in [0.25, 0.3) is 0 Å². The Morgan fingerprint density at radius 3 is 2.50 bits per heavy atom. The van der Waals surface area contributed by atoms with Gasteiger partial charge < -0.3 is 5.11 Å². The van der Waals surface area contributed by atoms with Crippen LogP contribution in [0.15, 0.2) is 0 Å². The largest absolute Gasteiger partial charge is 0.390 e. The van der Waals surface area contributed by atoms with Gasteiger partial charge in [0.25, 0.3) is 0 Å². The first-order valence-electron chi connectivity index (χ1n) is 9.38. The van der Waals surface area contributed by atoms with Crippen molar-refractivity contribution in [2.75, 3.05) is 0 Å². The second-order valence-electron chi connectivity index (χ2n) is 10.3. The first kappa shape index (κ1) is 15.2. The van der Waals surface area contributed by atoms with Crippen molar-refractivity contribution in [3.8, 4) is 0 Å². The zero-order valence-corrected chi connectivity index (χ0v) is 14.7. The standard InChI is InChI=1S/C20H32O2/c1-17(2)8-5-9-18(3)14(16(17)21)11-20-10-13(6-7-15(18)20)19(4,22)12-20/h13-15,22H,5-12H2,1-4H3/t13-,14+,15+,18-,19-,20-/m1/s1. The van der Waals surface area contributed by atoms with Gasteiger partial charge in [0.2, 0.25) is 0 Å². The Morgan fingerprint density at radius 2 is 1.77 bits per heavy atom. The Balaban J connectivity index is 1.77. The van der Waals surface area contributed by atoms with E-state index < -0.39 is 5.60 Å². The monoisotopic (exact) mass is 304 g/mol. The van der Waals surface area contributed by atoms with Gasteiger partial charge in [-0.15, -0.1) is 0 Å². The third-order valence-corrected chi connectivity index (χ3v) is 8.49. The topological polar surface area (TPSA) is 37.3 Å². The summed E-state index contributed by atoms with van der Waals surface area (Å²) in [5.41, 5.74) is -0.189. The molecule has 124 valence electrons. The van der Waals surface area contributed by atoms with Gasteiger partial charge in [0, 0.05) is 11.3 Å². The fourth-order valence-corrected chi connectivity index (χ4v) is 7.45. The van der Waals surface area contributed by atoms with Gasteiger partial charge >= 0.3 is 0 Å². The van der Waals surface area contributed by atoms with Gasteiger partial charge in [-0.25, -0.2) is 0 Å². The molecule has 4 aliphatic carbocycles. The molecule has 2 bridgehead atoms. The van der Waals surface area contributed by atoms with Gasteiger partial charge in [-0.05, 0) is 74.5 Å². The van der Waals surface area contributed by atoms with Crippen molar-refractivity contribution in [2.24, 2.45) is 34.0 Å². The molecule has 6 atom stereocenters. The summed E-state index contributed by atoms with van der Waals surface area (Å²) in [6.45, 7) is 8.80. The van der Waals surface area contributed by atoms with Crippen LogP contribution in [-0.2, 0) is 4.79 Å². The SMILES string of the molecule is CC1(C)CCC[C@@]2(C)[C@@H]3CC[C@@H]4C[C@@]3(C[C@H]2C1=O)C[C@@]4(C)O. The maximum atomic E-state index is 13.3. The molecule has 1 N–H and O–H groups in total. The quantitative estimate of drug-likeness (QED) is 0.722. The fraction of sp³-hybridized carbons (Fsp3) is 0.950. The van der Waals surface area contributed by atoms with E-state index in [-0.39, 0.29) is 22.2 Å². The first-order valence-corrected chi connectivity index (χ1v) is 9.38. The summed E-state index contributed by atoms with van der Waals surface area (Å²) >= 11 is 0. The summed E-state index contributed by atoms with van der Waals surface area (Å²) in [6, 6.07) is 0. The molecule has 1 spiro atoms. The van der Waals surface area contributed by atoms with Crippen molar-refractivity contribution < 1.29 is 9.90 Å². The Kier molecular flexibility index (Phi) is 2.88. The molecule has 0 aromatic carbocycles. The molecule has 0 radical (unpaired) electrons. The minimum Gasteiger partial charge on any atom is -0.390 e. The van der Waals surface area contributed by atoms with Crippen molar-refractivity contribution in [1.82, 2.24) is 0 Å². The number of rotatable bonds is 0. The van der Waals surface area contributed by atoms with Crippen LogP contribution in [0.2, 0.25) is 0 Å². The lowest BCUT2D eigenvalue weighted by Crippen LogP contribution is -2.38.